The van der Waals surface area contributed by atoms with Gasteiger partial charge in [-0.25, -0.2) is 0 Å². The molecule has 0 fully saturated rings. The maximum Gasteiger partial charge on any atom is 0.0911 e. The maximum absolute atomic E-state index is 9.94. The topological polar surface area (TPSA) is 42.4 Å². The lowest BCUT2D eigenvalue weighted by Crippen LogP contribution is -2.47. The Kier molecular flexibility index (Phi) is 3.71. The SMILES string of the molecule is Cc1cc(COC(C)(C)C(C)(C)O)ccn1. The Hall–Kier alpha value is -0.930. The number of ether oxygens (including phenoxy) is 1. The van der Waals surface area contributed by atoms with Crippen LogP contribution in [0, 0.1) is 6.92 Å². The normalized spacial score (nSPS) is 12.9. The molecule has 1 aromatic heterocycles. The molecule has 0 spiro atoms. The highest BCUT2D eigenvalue weighted by Crippen LogP contribution is 2.26. The van der Waals surface area contributed by atoms with Gasteiger partial charge in [0.2, 0.25) is 0 Å². The quantitative estimate of drug-likeness (QED) is 0.852. The summed E-state index contributed by atoms with van der Waals surface area (Å²) in [5.74, 6) is 0. The third kappa shape index (κ3) is 3.29. The lowest BCUT2D eigenvalue weighted by molar-refractivity contribution is -0.153. The Balaban J connectivity index is 2.65. The Morgan fingerprint density at radius 2 is 1.94 bits per heavy atom. The lowest BCUT2D eigenvalue weighted by Gasteiger charge is -2.37. The minimum atomic E-state index is -0.866. The standard InChI is InChI=1S/C13H21NO2/c1-10-8-11(6-7-14-10)9-16-13(4,5)12(2,3)15/h6-8,15H,9H2,1-5H3. The molecule has 0 saturated heterocycles. The molecule has 3 nitrogen and oxygen atoms in total. The van der Waals surface area contributed by atoms with Crippen molar-refractivity contribution in [2.75, 3.05) is 0 Å². The minimum Gasteiger partial charge on any atom is -0.387 e. The third-order valence-corrected chi connectivity index (χ3v) is 3.03. The van der Waals surface area contributed by atoms with E-state index < -0.39 is 11.2 Å². The van der Waals surface area contributed by atoms with E-state index in [-0.39, 0.29) is 0 Å². The first-order chi connectivity index (χ1) is 7.22. The molecule has 3 heteroatoms. The van der Waals surface area contributed by atoms with Gasteiger partial charge in [0, 0.05) is 11.9 Å². The van der Waals surface area contributed by atoms with Crippen LogP contribution in [0.4, 0.5) is 0 Å². The van der Waals surface area contributed by atoms with E-state index in [1.165, 1.54) is 0 Å². The van der Waals surface area contributed by atoms with Crippen molar-refractivity contribution in [3.63, 3.8) is 0 Å². The summed E-state index contributed by atoms with van der Waals surface area (Å²) < 4.78 is 5.76. The molecule has 1 heterocycles. The molecule has 0 aromatic carbocycles. The van der Waals surface area contributed by atoms with Crippen molar-refractivity contribution in [1.29, 1.82) is 0 Å². The smallest absolute Gasteiger partial charge is 0.0911 e. The van der Waals surface area contributed by atoms with Crippen molar-refractivity contribution in [2.45, 2.75) is 52.4 Å². The van der Waals surface area contributed by atoms with E-state index in [2.05, 4.69) is 4.98 Å². The highest BCUT2D eigenvalue weighted by atomic mass is 16.5. The number of aromatic nitrogens is 1. The van der Waals surface area contributed by atoms with Gasteiger partial charge in [-0.15, -0.1) is 0 Å². The molecule has 16 heavy (non-hydrogen) atoms. The van der Waals surface area contributed by atoms with Crippen LogP contribution < -0.4 is 0 Å². The second kappa shape index (κ2) is 4.52. The fourth-order valence-electron chi connectivity index (χ4n) is 1.13. The zero-order chi connectivity index (χ0) is 12.4. The molecule has 1 aromatic rings. The van der Waals surface area contributed by atoms with Crippen LogP contribution in [0.2, 0.25) is 0 Å². The average molecular weight is 223 g/mol. The van der Waals surface area contributed by atoms with E-state index >= 15 is 0 Å². The van der Waals surface area contributed by atoms with Gasteiger partial charge in [-0.2, -0.15) is 0 Å². The molecule has 0 radical (unpaired) electrons. The van der Waals surface area contributed by atoms with Crippen LogP contribution in [-0.2, 0) is 11.3 Å². The molecule has 0 amide bonds. The predicted molar refractivity (Wildman–Crippen MR) is 64.1 cm³/mol. The van der Waals surface area contributed by atoms with Crippen LogP contribution in [0.5, 0.6) is 0 Å². The molecule has 0 aliphatic rings. The van der Waals surface area contributed by atoms with Crippen molar-refractivity contribution < 1.29 is 9.84 Å². The van der Waals surface area contributed by atoms with Gasteiger partial charge in [0.05, 0.1) is 17.8 Å². The fourth-order valence-corrected chi connectivity index (χ4v) is 1.13. The average Bonchev–Trinajstić information content (AvgIpc) is 2.13. The molecule has 0 aliphatic heterocycles. The van der Waals surface area contributed by atoms with Gasteiger partial charge in [0.25, 0.3) is 0 Å². The molecule has 90 valence electrons. The van der Waals surface area contributed by atoms with Crippen LogP contribution in [0.15, 0.2) is 18.3 Å². The van der Waals surface area contributed by atoms with Gasteiger partial charge in [-0.1, -0.05) is 0 Å². The van der Waals surface area contributed by atoms with Gasteiger partial charge >= 0.3 is 0 Å². The minimum absolute atomic E-state index is 0.486. The van der Waals surface area contributed by atoms with Gasteiger partial charge in [0.15, 0.2) is 0 Å². The molecule has 0 saturated carbocycles. The van der Waals surface area contributed by atoms with Crippen molar-refractivity contribution in [1.82, 2.24) is 4.98 Å². The Labute approximate surface area is 97.5 Å². The molecule has 0 unspecified atom stereocenters. The van der Waals surface area contributed by atoms with Gasteiger partial charge in [0.1, 0.15) is 0 Å². The van der Waals surface area contributed by atoms with Crippen LogP contribution in [0.25, 0.3) is 0 Å². The fraction of sp³-hybridized carbons (Fsp3) is 0.615. The molecule has 0 atom stereocenters. The van der Waals surface area contributed by atoms with Gasteiger partial charge in [-0.05, 0) is 52.3 Å². The highest BCUT2D eigenvalue weighted by Gasteiger charge is 2.35. The summed E-state index contributed by atoms with van der Waals surface area (Å²) >= 11 is 0. The number of nitrogens with zero attached hydrogens (tertiary/aromatic N) is 1. The maximum atomic E-state index is 9.94. The van der Waals surface area contributed by atoms with Crippen LogP contribution >= 0.6 is 0 Å². The first kappa shape index (κ1) is 13.1. The number of rotatable bonds is 4. The number of aliphatic hydroxyl groups is 1. The Morgan fingerprint density at radius 3 is 2.44 bits per heavy atom. The summed E-state index contributed by atoms with van der Waals surface area (Å²) in [4.78, 5) is 4.13. The summed E-state index contributed by atoms with van der Waals surface area (Å²) in [5.41, 5.74) is 0.603. The van der Waals surface area contributed by atoms with E-state index in [9.17, 15) is 5.11 Å². The Morgan fingerprint density at radius 1 is 1.31 bits per heavy atom. The first-order valence-corrected chi connectivity index (χ1v) is 5.50. The molecular formula is C13H21NO2. The number of hydrogen-bond donors (Lipinski definition) is 1. The van der Waals surface area contributed by atoms with Crippen LogP contribution in [0.1, 0.15) is 39.0 Å². The lowest BCUT2D eigenvalue weighted by atomic mass is 9.89. The van der Waals surface area contributed by atoms with Crippen molar-refractivity contribution in [3.05, 3.63) is 29.6 Å². The zero-order valence-corrected chi connectivity index (χ0v) is 10.7. The summed E-state index contributed by atoms with van der Waals surface area (Å²) in [6.07, 6.45) is 1.77. The van der Waals surface area contributed by atoms with E-state index in [1.807, 2.05) is 32.9 Å². The first-order valence-electron chi connectivity index (χ1n) is 5.50. The highest BCUT2D eigenvalue weighted by molar-refractivity contribution is 5.14. The largest absolute Gasteiger partial charge is 0.387 e. The third-order valence-electron chi connectivity index (χ3n) is 3.03. The molecule has 0 aliphatic carbocycles. The van der Waals surface area contributed by atoms with E-state index in [0.717, 1.165) is 11.3 Å². The second-order valence-corrected chi connectivity index (χ2v) is 5.16. The van der Waals surface area contributed by atoms with E-state index in [4.69, 9.17) is 4.74 Å². The molecule has 1 N–H and O–H groups in total. The van der Waals surface area contributed by atoms with E-state index in [0.29, 0.717) is 6.61 Å². The monoisotopic (exact) mass is 223 g/mol. The second-order valence-electron chi connectivity index (χ2n) is 5.16. The zero-order valence-electron chi connectivity index (χ0n) is 10.7. The van der Waals surface area contributed by atoms with Crippen molar-refractivity contribution in [3.8, 4) is 0 Å². The summed E-state index contributed by atoms with van der Waals surface area (Å²) in [6.45, 7) is 9.72. The van der Waals surface area contributed by atoms with Crippen LogP contribution in [-0.4, -0.2) is 21.3 Å². The molecular weight excluding hydrogens is 202 g/mol. The molecule has 0 bridgehead atoms. The van der Waals surface area contributed by atoms with Gasteiger partial charge < -0.3 is 9.84 Å². The summed E-state index contributed by atoms with van der Waals surface area (Å²) in [5, 5.41) is 9.94. The van der Waals surface area contributed by atoms with Crippen molar-refractivity contribution >= 4 is 0 Å². The molecule has 1 rings (SSSR count). The number of pyridine rings is 1. The summed E-state index contributed by atoms with van der Waals surface area (Å²) in [7, 11) is 0. The van der Waals surface area contributed by atoms with E-state index in [1.54, 1.807) is 20.0 Å². The van der Waals surface area contributed by atoms with Crippen LogP contribution in [0.3, 0.4) is 0 Å². The van der Waals surface area contributed by atoms with Gasteiger partial charge in [-0.3, -0.25) is 4.98 Å². The van der Waals surface area contributed by atoms with Crippen molar-refractivity contribution in [2.24, 2.45) is 0 Å². The summed E-state index contributed by atoms with van der Waals surface area (Å²) in [6, 6.07) is 3.91. The predicted octanol–water partition coefficient (Wildman–Crippen LogP) is 2.46. The number of aryl methyl sites for hydroxylation is 1. The Bertz CT molecular complexity index is 353. The number of hydrogen-bond acceptors (Lipinski definition) is 3.